The molecule has 4 rings (SSSR count). The number of fused-ring (bicyclic) bond motifs is 1. The average Bonchev–Trinajstić information content (AvgIpc) is 3.16. The summed E-state index contributed by atoms with van der Waals surface area (Å²) in [4.78, 5) is 16.5. The molecule has 114 valence electrons. The van der Waals surface area contributed by atoms with Crippen molar-refractivity contribution in [1.82, 2.24) is 14.8 Å². The third kappa shape index (κ3) is 2.80. The Morgan fingerprint density at radius 1 is 1.09 bits per heavy atom. The van der Waals surface area contributed by atoms with Gasteiger partial charge in [0.05, 0.1) is 5.69 Å². The zero-order valence-corrected chi connectivity index (χ0v) is 12.9. The number of rotatable bonds is 4. The second kappa shape index (κ2) is 5.81. The summed E-state index contributed by atoms with van der Waals surface area (Å²) >= 11 is 1.46. The fourth-order valence-corrected chi connectivity index (χ4v) is 3.08. The van der Waals surface area contributed by atoms with Crippen LogP contribution in [0, 0.1) is 0 Å². The fourth-order valence-electron chi connectivity index (χ4n) is 2.34. The van der Waals surface area contributed by atoms with E-state index in [1.54, 1.807) is 6.07 Å². The second-order valence-corrected chi connectivity index (χ2v) is 5.95. The van der Waals surface area contributed by atoms with Crippen LogP contribution in [0.2, 0.25) is 0 Å². The van der Waals surface area contributed by atoms with Crippen LogP contribution in [0.15, 0.2) is 75.1 Å². The van der Waals surface area contributed by atoms with Gasteiger partial charge in [0, 0.05) is 17.5 Å². The predicted octanol–water partition coefficient (Wildman–Crippen LogP) is 3.60. The minimum absolute atomic E-state index is 0.0793. The molecule has 4 aromatic rings. The quantitative estimate of drug-likeness (QED) is 0.583. The van der Waals surface area contributed by atoms with Crippen LogP contribution in [0.5, 0.6) is 0 Å². The van der Waals surface area contributed by atoms with Crippen LogP contribution < -0.4 is 5.56 Å². The summed E-state index contributed by atoms with van der Waals surface area (Å²) in [6.45, 7) is 0. The van der Waals surface area contributed by atoms with Gasteiger partial charge in [0.1, 0.15) is 5.52 Å². The molecule has 2 aromatic carbocycles. The van der Waals surface area contributed by atoms with Gasteiger partial charge in [0.2, 0.25) is 0 Å². The second-order valence-electron chi connectivity index (χ2n) is 5.03. The van der Waals surface area contributed by atoms with E-state index in [-0.39, 0.29) is 5.56 Å². The van der Waals surface area contributed by atoms with Gasteiger partial charge < -0.3 is 4.42 Å². The van der Waals surface area contributed by atoms with Crippen LogP contribution in [0.4, 0.5) is 0 Å². The molecule has 2 heterocycles. The van der Waals surface area contributed by atoms with Gasteiger partial charge in [-0.3, -0.25) is 9.89 Å². The van der Waals surface area contributed by atoms with Crippen LogP contribution in [0.3, 0.4) is 0 Å². The summed E-state index contributed by atoms with van der Waals surface area (Å²) in [7, 11) is 0. The Hall–Kier alpha value is -2.73. The highest BCUT2D eigenvalue weighted by atomic mass is 32.2. The van der Waals surface area contributed by atoms with Crippen LogP contribution in [0.25, 0.3) is 16.8 Å². The van der Waals surface area contributed by atoms with E-state index in [1.165, 1.54) is 16.4 Å². The van der Waals surface area contributed by atoms with Crippen molar-refractivity contribution in [3.8, 4) is 5.69 Å². The molecule has 0 amide bonds. The maximum absolute atomic E-state index is 12.1. The normalized spacial score (nSPS) is 11.1. The number of nitrogens with zero attached hydrogens (tertiary/aromatic N) is 2. The molecule has 0 unspecified atom stereocenters. The molecule has 0 aliphatic heterocycles. The number of nitrogens with one attached hydrogen (secondary N) is 1. The van der Waals surface area contributed by atoms with E-state index in [1.807, 2.05) is 54.6 Å². The monoisotopic (exact) mass is 323 g/mol. The molecule has 0 saturated heterocycles. The standard InChI is InChI=1S/C17H13N3O2S/c21-16-10-12(19-20(16)13-6-2-1-3-7-13)11-23-17-18-14-8-4-5-9-15(14)22-17/h1-10,19H,11H2. The van der Waals surface area contributed by atoms with E-state index in [9.17, 15) is 4.79 Å². The Labute approximate surface area is 135 Å². The van der Waals surface area contributed by atoms with E-state index in [2.05, 4.69) is 10.1 Å². The number of aromatic nitrogens is 3. The molecular formula is C17H13N3O2S. The highest BCUT2D eigenvalue weighted by Gasteiger charge is 2.09. The van der Waals surface area contributed by atoms with Gasteiger partial charge in [0.15, 0.2) is 5.58 Å². The van der Waals surface area contributed by atoms with Crippen molar-refractivity contribution in [2.45, 2.75) is 11.0 Å². The Balaban J connectivity index is 1.54. The zero-order chi connectivity index (χ0) is 15.6. The first kappa shape index (κ1) is 13.9. The number of hydrogen-bond donors (Lipinski definition) is 1. The van der Waals surface area contributed by atoms with Crippen molar-refractivity contribution in [3.63, 3.8) is 0 Å². The summed E-state index contributed by atoms with van der Waals surface area (Å²) in [6.07, 6.45) is 0. The van der Waals surface area contributed by atoms with Gasteiger partial charge in [0.25, 0.3) is 10.8 Å². The van der Waals surface area contributed by atoms with Crippen molar-refractivity contribution >= 4 is 22.9 Å². The smallest absolute Gasteiger partial charge is 0.271 e. The lowest BCUT2D eigenvalue weighted by Crippen LogP contribution is -2.12. The topological polar surface area (TPSA) is 63.8 Å². The van der Waals surface area contributed by atoms with E-state index >= 15 is 0 Å². The minimum Gasteiger partial charge on any atom is -0.431 e. The van der Waals surface area contributed by atoms with Crippen molar-refractivity contribution in [3.05, 3.63) is 76.7 Å². The molecule has 0 radical (unpaired) electrons. The highest BCUT2D eigenvalue weighted by Crippen LogP contribution is 2.25. The van der Waals surface area contributed by atoms with E-state index in [0.717, 1.165) is 22.5 Å². The van der Waals surface area contributed by atoms with Crippen LogP contribution in [-0.2, 0) is 5.75 Å². The number of oxazole rings is 1. The molecule has 2 aromatic heterocycles. The van der Waals surface area contributed by atoms with Gasteiger partial charge in [-0.2, -0.15) is 0 Å². The Kier molecular flexibility index (Phi) is 3.51. The fraction of sp³-hybridized carbons (Fsp3) is 0.0588. The molecule has 23 heavy (non-hydrogen) atoms. The van der Waals surface area contributed by atoms with Gasteiger partial charge in [-0.25, -0.2) is 9.67 Å². The Bertz CT molecular complexity index is 968. The third-order valence-corrected chi connectivity index (χ3v) is 4.29. The molecule has 1 N–H and O–H groups in total. The molecule has 0 saturated carbocycles. The van der Waals surface area contributed by atoms with Crippen LogP contribution in [0.1, 0.15) is 5.69 Å². The molecule has 5 nitrogen and oxygen atoms in total. The van der Waals surface area contributed by atoms with Crippen molar-refractivity contribution < 1.29 is 4.42 Å². The first-order valence-electron chi connectivity index (χ1n) is 7.14. The molecule has 0 aliphatic rings. The van der Waals surface area contributed by atoms with Crippen molar-refractivity contribution in [2.24, 2.45) is 0 Å². The molecule has 0 spiro atoms. The van der Waals surface area contributed by atoms with Crippen LogP contribution in [-0.4, -0.2) is 14.8 Å². The summed E-state index contributed by atoms with van der Waals surface area (Å²) in [5.74, 6) is 0.585. The number of thioether (sulfide) groups is 1. The lowest BCUT2D eigenvalue weighted by Gasteiger charge is -2.00. The Morgan fingerprint density at radius 2 is 1.87 bits per heavy atom. The number of aromatic amines is 1. The number of H-pyrrole nitrogens is 1. The van der Waals surface area contributed by atoms with Crippen LogP contribution >= 0.6 is 11.8 Å². The summed E-state index contributed by atoms with van der Waals surface area (Å²) in [5.41, 5.74) is 3.17. The molecule has 0 atom stereocenters. The van der Waals surface area contributed by atoms with Gasteiger partial charge in [-0.15, -0.1) is 0 Å². The van der Waals surface area contributed by atoms with Crippen molar-refractivity contribution in [1.29, 1.82) is 0 Å². The maximum Gasteiger partial charge on any atom is 0.271 e. The maximum atomic E-state index is 12.1. The summed E-state index contributed by atoms with van der Waals surface area (Å²) < 4.78 is 7.19. The largest absolute Gasteiger partial charge is 0.431 e. The minimum atomic E-state index is -0.0793. The number of hydrogen-bond acceptors (Lipinski definition) is 4. The number of benzene rings is 2. The average molecular weight is 323 g/mol. The SMILES string of the molecule is O=c1cc(CSc2nc3ccccc3o2)[nH]n1-c1ccccc1. The molecule has 6 heteroatoms. The first-order valence-corrected chi connectivity index (χ1v) is 8.13. The zero-order valence-electron chi connectivity index (χ0n) is 12.1. The van der Waals surface area contributed by atoms with Crippen molar-refractivity contribution in [2.75, 3.05) is 0 Å². The lowest BCUT2D eigenvalue weighted by molar-refractivity contribution is 0.489. The number of para-hydroxylation sites is 3. The first-order chi connectivity index (χ1) is 11.3. The lowest BCUT2D eigenvalue weighted by atomic mass is 10.3. The van der Waals surface area contributed by atoms with Gasteiger partial charge >= 0.3 is 0 Å². The van der Waals surface area contributed by atoms with Gasteiger partial charge in [-0.1, -0.05) is 42.1 Å². The molecule has 0 fully saturated rings. The predicted molar refractivity (Wildman–Crippen MR) is 90.0 cm³/mol. The molecule has 0 aliphatic carbocycles. The summed E-state index contributed by atoms with van der Waals surface area (Å²) in [6, 6.07) is 18.7. The van der Waals surface area contributed by atoms with Gasteiger partial charge in [-0.05, 0) is 24.3 Å². The Morgan fingerprint density at radius 3 is 2.70 bits per heavy atom. The molecular weight excluding hydrogens is 310 g/mol. The highest BCUT2D eigenvalue weighted by molar-refractivity contribution is 7.98. The van der Waals surface area contributed by atoms with E-state index in [0.29, 0.717) is 11.0 Å². The van der Waals surface area contributed by atoms with E-state index < -0.39 is 0 Å². The third-order valence-electron chi connectivity index (χ3n) is 3.41. The van der Waals surface area contributed by atoms with E-state index in [4.69, 9.17) is 4.42 Å². The molecule has 0 bridgehead atoms. The summed E-state index contributed by atoms with van der Waals surface area (Å²) in [5, 5.41) is 3.71.